The van der Waals surface area contributed by atoms with Gasteiger partial charge in [0.2, 0.25) is 5.91 Å². The number of nitrogens with zero attached hydrogens (tertiary/aromatic N) is 2. The molecule has 0 spiro atoms. The van der Waals surface area contributed by atoms with E-state index in [0.29, 0.717) is 16.9 Å². The van der Waals surface area contributed by atoms with Crippen LogP contribution in [-0.2, 0) is 27.4 Å². The zero-order valence-corrected chi connectivity index (χ0v) is 17.0. The van der Waals surface area contributed by atoms with Gasteiger partial charge < -0.3 is 19.4 Å². The van der Waals surface area contributed by atoms with E-state index >= 15 is 0 Å². The fourth-order valence-corrected chi connectivity index (χ4v) is 2.93. The smallest absolute Gasteiger partial charge is 0.339 e. The second kappa shape index (κ2) is 9.87. The summed E-state index contributed by atoms with van der Waals surface area (Å²) in [4.78, 5) is 37.0. The molecule has 29 heavy (non-hydrogen) atoms. The van der Waals surface area contributed by atoms with Crippen LogP contribution in [0.4, 0.5) is 5.69 Å². The maximum Gasteiger partial charge on any atom is 0.339 e. The van der Waals surface area contributed by atoms with Crippen molar-refractivity contribution in [1.29, 1.82) is 5.26 Å². The maximum atomic E-state index is 12.6. The van der Waals surface area contributed by atoms with Crippen LogP contribution in [0, 0.1) is 18.3 Å². The molecule has 0 aliphatic carbocycles. The maximum absolute atomic E-state index is 12.6. The molecule has 2 aromatic rings. The molecule has 1 aromatic carbocycles. The van der Waals surface area contributed by atoms with E-state index in [9.17, 15) is 19.6 Å². The van der Waals surface area contributed by atoms with Crippen molar-refractivity contribution in [2.45, 2.75) is 27.0 Å². The molecule has 0 saturated heterocycles. The number of benzene rings is 1. The number of rotatable bonds is 7. The summed E-state index contributed by atoms with van der Waals surface area (Å²) in [6.07, 6.45) is 0. The third kappa shape index (κ3) is 5.22. The monoisotopic (exact) mass is 417 g/mol. The average molecular weight is 418 g/mol. The minimum absolute atomic E-state index is 0.0682. The van der Waals surface area contributed by atoms with Gasteiger partial charge in [0.1, 0.15) is 18.2 Å². The summed E-state index contributed by atoms with van der Waals surface area (Å²) in [5.41, 5.74) is 0.782. The molecule has 0 aliphatic rings. The van der Waals surface area contributed by atoms with E-state index in [4.69, 9.17) is 21.1 Å². The van der Waals surface area contributed by atoms with Gasteiger partial charge in [0.25, 0.3) is 5.56 Å². The number of amides is 1. The Hall–Kier alpha value is -3.15. The number of halogens is 1. The molecule has 0 atom stereocenters. The molecule has 1 N–H and O–H groups in total. The first-order valence-corrected chi connectivity index (χ1v) is 9.09. The van der Waals surface area contributed by atoms with Crippen molar-refractivity contribution in [2.75, 3.05) is 19.0 Å². The molecule has 152 valence electrons. The van der Waals surface area contributed by atoms with E-state index in [0.717, 1.165) is 0 Å². The van der Waals surface area contributed by atoms with Crippen LogP contribution in [0.25, 0.3) is 0 Å². The lowest BCUT2D eigenvalue weighted by molar-refractivity contribution is -0.116. The number of carbonyl (C=O) groups is 2. The fourth-order valence-electron chi connectivity index (χ4n) is 2.73. The standard InChI is InChI=1S/C20H20ClN3O5/c1-4-29-20(27)15-8-14(5-6-17(15)21)23-18(25)10-24-12(2)7-13(11-28-3)16(9-22)19(24)26/h5-8H,4,10-11H2,1-3H3,(H,23,25). The zero-order chi connectivity index (χ0) is 21.6. The van der Waals surface area contributed by atoms with Gasteiger partial charge in [-0.2, -0.15) is 5.26 Å². The Bertz CT molecular complexity index is 1040. The first-order valence-electron chi connectivity index (χ1n) is 8.71. The van der Waals surface area contributed by atoms with E-state index in [1.807, 2.05) is 6.07 Å². The van der Waals surface area contributed by atoms with E-state index < -0.39 is 17.4 Å². The van der Waals surface area contributed by atoms with E-state index in [-0.39, 0.29) is 35.9 Å². The molecule has 1 heterocycles. The first kappa shape index (κ1) is 22.1. The molecule has 0 fully saturated rings. The third-order valence-corrected chi connectivity index (χ3v) is 4.38. The van der Waals surface area contributed by atoms with Crippen LogP contribution in [-0.4, -0.2) is 30.2 Å². The van der Waals surface area contributed by atoms with Crippen LogP contribution in [0.15, 0.2) is 29.1 Å². The van der Waals surface area contributed by atoms with Crippen LogP contribution in [0.3, 0.4) is 0 Å². The highest BCUT2D eigenvalue weighted by Gasteiger charge is 2.16. The predicted octanol–water partition coefficient (Wildman–Crippen LogP) is 2.64. The van der Waals surface area contributed by atoms with Gasteiger partial charge in [0.15, 0.2) is 0 Å². The van der Waals surface area contributed by atoms with Gasteiger partial charge in [0, 0.05) is 24.1 Å². The number of aryl methyl sites for hydroxylation is 1. The second-order valence-electron chi connectivity index (χ2n) is 6.09. The fraction of sp³-hybridized carbons (Fsp3) is 0.300. The molecule has 0 bridgehead atoms. The van der Waals surface area contributed by atoms with Crippen molar-refractivity contribution in [3.05, 3.63) is 62.0 Å². The van der Waals surface area contributed by atoms with Gasteiger partial charge in [-0.3, -0.25) is 9.59 Å². The van der Waals surface area contributed by atoms with E-state index in [2.05, 4.69) is 5.32 Å². The van der Waals surface area contributed by atoms with Gasteiger partial charge in [0.05, 0.1) is 23.8 Å². The molecule has 2 rings (SSSR count). The molecule has 1 amide bonds. The van der Waals surface area contributed by atoms with Crippen molar-refractivity contribution < 1.29 is 19.1 Å². The molecule has 0 saturated carbocycles. The molecule has 8 nitrogen and oxygen atoms in total. The first-order chi connectivity index (χ1) is 13.8. The zero-order valence-electron chi connectivity index (χ0n) is 16.2. The lowest BCUT2D eigenvalue weighted by atomic mass is 10.1. The number of ether oxygens (including phenoxy) is 2. The van der Waals surface area contributed by atoms with Crippen molar-refractivity contribution >= 4 is 29.2 Å². The van der Waals surface area contributed by atoms with Gasteiger partial charge >= 0.3 is 5.97 Å². The highest BCUT2D eigenvalue weighted by atomic mass is 35.5. The van der Waals surface area contributed by atoms with Crippen molar-refractivity contribution in [1.82, 2.24) is 4.57 Å². The highest BCUT2D eigenvalue weighted by molar-refractivity contribution is 6.33. The predicted molar refractivity (Wildman–Crippen MR) is 107 cm³/mol. The lowest BCUT2D eigenvalue weighted by Crippen LogP contribution is -2.31. The number of hydrogen-bond donors (Lipinski definition) is 1. The van der Waals surface area contributed by atoms with Crippen LogP contribution in [0.2, 0.25) is 5.02 Å². The summed E-state index contributed by atoms with van der Waals surface area (Å²) in [6, 6.07) is 7.90. The number of nitrogens with one attached hydrogen (secondary N) is 1. The SMILES string of the molecule is CCOC(=O)c1cc(NC(=O)Cn2c(C)cc(COC)c(C#N)c2=O)ccc1Cl. The Morgan fingerprint density at radius 3 is 2.66 bits per heavy atom. The Balaban J connectivity index is 2.26. The minimum atomic E-state index is -0.604. The number of esters is 1. The molecular formula is C20H20ClN3O5. The quantitative estimate of drug-likeness (QED) is 0.693. The Morgan fingerprint density at radius 2 is 2.03 bits per heavy atom. The Kier molecular flexibility index (Phi) is 7.53. The van der Waals surface area contributed by atoms with Crippen molar-refractivity contribution in [2.24, 2.45) is 0 Å². The Labute approximate surface area is 172 Å². The van der Waals surface area contributed by atoms with Gasteiger partial charge in [-0.15, -0.1) is 0 Å². The van der Waals surface area contributed by atoms with Gasteiger partial charge in [-0.1, -0.05) is 11.6 Å². The minimum Gasteiger partial charge on any atom is -0.462 e. The molecule has 1 aromatic heterocycles. The average Bonchev–Trinajstić information content (AvgIpc) is 2.67. The number of carbonyl (C=O) groups excluding carboxylic acids is 2. The van der Waals surface area contributed by atoms with E-state index in [1.54, 1.807) is 19.9 Å². The number of anilines is 1. The topological polar surface area (TPSA) is 110 Å². The number of pyridine rings is 1. The van der Waals surface area contributed by atoms with Crippen LogP contribution in [0.1, 0.15) is 34.1 Å². The number of nitriles is 1. The van der Waals surface area contributed by atoms with Crippen molar-refractivity contribution in [3.8, 4) is 6.07 Å². The summed E-state index contributed by atoms with van der Waals surface area (Å²) in [5, 5.41) is 12.1. The second-order valence-corrected chi connectivity index (χ2v) is 6.49. The summed E-state index contributed by atoms with van der Waals surface area (Å²) in [6.45, 7) is 3.34. The Morgan fingerprint density at radius 1 is 1.31 bits per heavy atom. The summed E-state index contributed by atoms with van der Waals surface area (Å²) in [5.74, 6) is -1.11. The number of methoxy groups -OCH3 is 1. The highest BCUT2D eigenvalue weighted by Crippen LogP contribution is 2.21. The molecular weight excluding hydrogens is 398 g/mol. The largest absolute Gasteiger partial charge is 0.462 e. The van der Waals surface area contributed by atoms with Gasteiger partial charge in [-0.05, 0) is 38.1 Å². The lowest BCUT2D eigenvalue weighted by Gasteiger charge is -2.14. The molecule has 0 aliphatic heterocycles. The van der Waals surface area contributed by atoms with E-state index in [1.165, 1.54) is 29.9 Å². The normalized spacial score (nSPS) is 10.3. The van der Waals surface area contributed by atoms with Gasteiger partial charge in [-0.25, -0.2) is 4.79 Å². The molecule has 9 heteroatoms. The van der Waals surface area contributed by atoms with Crippen LogP contribution >= 0.6 is 11.6 Å². The summed E-state index contributed by atoms with van der Waals surface area (Å²) >= 11 is 6.01. The molecule has 0 radical (unpaired) electrons. The number of hydrogen-bond acceptors (Lipinski definition) is 6. The molecule has 0 unspecified atom stereocenters. The summed E-state index contributed by atoms with van der Waals surface area (Å²) < 4.78 is 11.1. The summed E-state index contributed by atoms with van der Waals surface area (Å²) in [7, 11) is 1.46. The van der Waals surface area contributed by atoms with Crippen molar-refractivity contribution in [3.63, 3.8) is 0 Å². The third-order valence-electron chi connectivity index (χ3n) is 4.05. The number of aromatic nitrogens is 1. The van der Waals surface area contributed by atoms with Crippen LogP contribution in [0.5, 0.6) is 0 Å². The van der Waals surface area contributed by atoms with Crippen LogP contribution < -0.4 is 10.9 Å².